The number of aryl methyl sites for hydroxylation is 1. The Bertz CT molecular complexity index is 661. The third-order valence-corrected chi connectivity index (χ3v) is 2.75. The van der Waals surface area contributed by atoms with E-state index < -0.39 is 10.7 Å². The molecule has 1 heterocycles. The van der Waals surface area contributed by atoms with Crippen LogP contribution in [0.4, 0.5) is 16.0 Å². The molecule has 0 unspecified atom stereocenters. The lowest BCUT2D eigenvalue weighted by Gasteiger charge is -2.06. The van der Waals surface area contributed by atoms with Crippen molar-refractivity contribution in [1.82, 2.24) is 9.97 Å². The van der Waals surface area contributed by atoms with Gasteiger partial charge >= 0.3 is 5.69 Å². The molecule has 0 aliphatic rings. The lowest BCUT2D eigenvalue weighted by molar-refractivity contribution is -0.384. The van der Waals surface area contributed by atoms with Crippen molar-refractivity contribution in [2.75, 3.05) is 11.9 Å². The smallest absolute Gasteiger partial charge is 0.313 e. The van der Waals surface area contributed by atoms with Crippen molar-refractivity contribution >= 4 is 11.6 Å². The predicted octanol–water partition coefficient (Wildman–Crippen LogP) is 2.93. The average molecular weight is 276 g/mol. The van der Waals surface area contributed by atoms with Crippen molar-refractivity contribution in [2.45, 2.75) is 13.8 Å². The Morgan fingerprint density at radius 3 is 2.80 bits per heavy atom. The number of benzene rings is 1. The summed E-state index contributed by atoms with van der Waals surface area (Å²) in [4.78, 5) is 18.4. The number of rotatable bonds is 4. The molecule has 20 heavy (non-hydrogen) atoms. The first kappa shape index (κ1) is 13.9. The first-order chi connectivity index (χ1) is 9.52. The Hall–Kier alpha value is -2.57. The number of nitrogens with zero attached hydrogens (tertiary/aromatic N) is 3. The standard InChI is InChI=1S/C13H13FN4O2/c1-3-15-13-16-7-11(18(19)20)12(17-13)9-5-4-8(2)10(14)6-9/h4-7H,3H2,1-2H3,(H,15,16,17). The maximum Gasteiger partial charge on any atom is 0.313 e. The minimum atomic E-state index is -0.581. The fraction of sp³-hybridized carbons (Fsp3) is 0.231. The lowest BCUT2D eigenvalue weighted by atomic mass is 10.1. The largest absolute Gasteiger partial charge is 0.354 e. The molecule has 0 fully saturated rings. The van der Waals surface area contributed by atoms with Crippen LogP contribution in [0.1, 0.15) is 12.5 Å². The topological polar surface area (TPSA) is 81.0 Å². The SMILES string of the molecule is CCNc1ncc([N+](=O)[O-])c(-c2ccc(C)c(F)c2)n1. The van der Waals surface area contributed by atoms with Gasteiger partial charge in [0.25, 0.3) is 0 Å². The number of anilines is 1. The quantitative estimate of drug-likeness (QED) is 0.686. The van der Waals surface area contributed by atoms with Crippen molar-refractivity contribution in [1.29, 1.82) is 0 Å². The molecule has 0 saturated heterocycles. The van der Waals surface area contributed by atoms with Gasteiger partial charge in [0.1, 0.15) is 12.0 Å². The van der Waals surface area contributed by atoms with E-state index in [0.717, 1.165) is 6.20 Å². The van der Waals surface area contributed by atoms with Crippen molar-refractivity contribution in [3.8, 4) is 11.3 Å². The molecule has 7 heteroatoms. The van der Waals surface area contributed by atoms with E-state index in [9.17, 15) is 14.5 Å². The minimum absolute atomic E-state index is 0.0971. The summed E-state index contributed by atoms with van der Waals surface area (Å²) in [5, 5.41) is 13.9. The molecule has 0 aliphatic heterocycles. The van der Waals surface area contributed by atoms with Crippen LogP contribution in [0.25, 0.3) is 11.3 Å². The number of hydrogen-bond donors (Lipinski definition) is 1. The molecular formula is C13H13FN4O2. The monoisotopic (exact) mass is 276 g/mol. The molecule has 0 bridgehead atoms. The number of nitrogens with one attached hydrogen (secondary N) is 1. The molecular weight excluding hydrogens is 263 g/mol. The molecule has 2 rings (SSSR count). The maximum atomic E-state index is 13.6. The van der Waals surface area contributed by atoms with E-state index in [2.05, 4.69) is 15.3 Å². The summed E-state index contributed by atoms with van der Waals surface area (Å²) < 4.78 is 13.6. The molecule has 0 atom stereocenters. The van der Waals surface area contributed by atoms with Crippen LogP contribution >= 0.6 is 0 Å². The van der Waals surface area contributed by atoms with E-state index in [0.29, 0.717) is 17.7 Å². The second kappa shape index (κ2) is 5.60. The van der Waals surface area contributed by atoms with Gasteiger partial charge in [0.15, 0.2) is 5.69 Å². The molecule has 1 N–H and O–H groups in total. The van der Waals surface area contributed by atoms with Crippen LogP contribution in [0, 0.1) is 22.9 Å². The van der Waals surface area contributed by atoms with E-state index in [-0.39, 0.29) is 17.3 Å². The van der Waals surface area contributed by atoms with E-state index >= 15 is 0 Å². The first-order valence-corrected chi connectivity index (χ1v) is 6.04. The molecule has 2 aromatic rings. The van der Waals surface area contributed by atoms with Crippen molar-refractivity contribution < 1.29 is 9.31 Å². The molecule has 1 aromatic heterocycles. The van der Waals surface area contributed by atoms with Gasteiger partial charge in [0, 0.05) is 12.1 Å². The minimum Gasteiger partial charge on any atom is -0.354 e. The Morgan fingerprint density at radius 1 is 1.45 bits per heavy atom. The van der Waals surface area contributed by atoms with Gasteiger partial charge in [-0.2, -0.15) is 0 Å². The van der Waals surface area contributed by atoms with Crippen molar-refractivity contribution in [2.24, 2.45) is 0 Å². The highest BCUT2D eigenvalue weighted by Crippen LogP contribution is 2.29. The normalized spacial score (nSPS) is 10.3. The van der Waals surface area contributed by atoms with E-state index in [1.165, 1.54) is 6.07 Å². The van der Waals surface area contributed by atoms with Crippen LogP contribution in [-0.2, 0) is 0 Å². The zero-order valence-electron chi connectivity index (χ0n) is 11.1. The van der Waals surface area contributed by atoms with Crippen LogP contribution in [0.15, 0.2) is 24.4 Å². The van der Waals surface area contributed by atoms with Crippen LogP contribution in [0.2, 0.25) is 0 Å². The van der Waals surface area contributed by atoms with Gasteiger partial charge in [0.2, 0.25) is 5.95 Å². The van der Waals surface area contributed by atoms with Gasteiger partial charge in [-0.3, -0.25) is 10.1 Å². The summed E-state index contributed by atoms with van der Waals surface area (Å²) in [6, 6.07) is 4.40. The van der Waals surface area contributed by atoms with Gasteiger partial charge in [-0.1, -0.05) is 12.1 Å². The van der Waals surface area contributed by atoms with Crippen LogP contribution in [0.5, 0.6) is 0 Å². The molecule has 1 aromatic carbocycles. The van der Waals surface area contributed by atoms with Gasteiger partial charge in [-0.05, 0) is 25.5 Å². The first-order valence-electron chi connectivity index (χ1n) is 6.04. The Morgan fingerprint density at radius 2 is 2.20 bits per heavy atom. The van der Waals surface area contributed by atoms with E-state index in [1.54, 1.807) is 19.1 Å². The third-order valence-electron chi connectivity index (χ3n) is 2.75. The molecule has 0 aliphatic carbocycles. The summed E-state index contributed by atoms with van der Waals surface area (Å²) in [7, 11) is 0. The third kappa shape index (κ3) is 2.71. The number of aromatic nitrogens is 2. The number of halogens is 1. The van der Waals surface area contributed by atoms with E-state index in [4.69, 9.17) is 0 Å². The second-order valence-corrected chi connectivity index (χ2v) is 4.18. The van der Waals surface area contributed by atoms with Gasteiger partial charge in [0.05, 0.1) is 4.92 Å². The Balaban J connectivity index is 2.59. The maximum absolute atomic E-state index is 13.6. The zero-order chi connectivity index (χ0) is 14.7. The molecule has 0 spiro atoms. The Kier molecular flexibility index (Phi) is 3.88. The number of nitro groups is 1. The van der Waals surface area contributed by atoms with Crippen LogP contribution in [-0.4, -0.2) is 21.4 Å². The molecule has 0 radical (unpaired) electrons. The van der Waals surface area contributed by atoms with Crippen molar-refractivity contribution in [3.05, 3.63) is 45.9 Å². The van der Waals surface area contributed by atoms with E-state index in [1.807, 2.05) is 6.92 Å². The second-order valence-electron chi connectivity index (χ2n) is 4.18. The predicted molar refractivity (Wildman–Crippen MR) is 73.0 cm³/mol. The summed E-state index contributed by atoms with van der Waals surface area (Å²) in [6.07, 6.45) is 1.12. The van der Waals surface area contributed by atoms with Gasteiger partial charge in [-0.15, -0.1) is 0 Å². The Labute approximate surface area is 114 Å². The summed E-state index contributed by atoms with van der Waals surface area (Å²) in [5.41, 5.74) is 0.661. The molecule has 0 amide bonds. The highest BCUT2D eigenvalue weighted by atomic mass is 19.1. The summed E-state index contributed by atoms with van der Waals surface area (Å²) in [5.74, 6) is -0.158. The fourth-order valence-corrected chi connectivity index (χ4v) is 1.70. The molecule has 0 saturated carbocycles. The van der Waals surface area contributed by atoms with Gasteiger partial charge < -0.3 is 5.32 Å². The van der Waals surface area contributed by atoms with Crippen LogP contribution in [0.3, 0.4) is 0 Å². The molecule has 6 nitrogen and oxygen atoms in total. The lowest BCUT2D eigenvalue weighted by Crippen LogP contribution is -2.05. The van der Waals surface area contributed by atoms with Gasteiger partial charge in [-0.25, -0.2) is 14.4 Å². The summed E-state index contributed by atoms with van der Waals surface area (Å²) in [6.45, 7) is 4.06. The van der Waals surface area contributed by atoms with Crippen LogP contribution < -0.4 is 5.32 Å². The van der Waals surface area contributed by atoms with Crippen molar-refractivity contribution in [3.63, 3.8) is 0 Å². The average Bonchev–Trinajstić information content (AvgIpc) is 2.42. The summed E-state index contributed by atoms with van der Waals surface area (Å²) >= 11 is 0. The molecule has 104 valence electrons. The fourth-order valence-electron chi connectivity index (χ4n) is 1.70. The highest BCUT2D eigenvalue weighted by Gasteiger charge is 2.19. The zero-order valence-corrected chi connectivity index (χ0v) is 11.1. The number of hydrogen-bond acceptors (Lipinski definition) is 5. The highest BCUT2D eigenvalue weighted by molar-refractivity contribution is 5.70.